The minimum atomic E-state index is -0.429. The summed E-state index contributed by atoms with van der Waals surface area (Å²) in [6.45, 7) is 4.56. The number of hydrogen-bond acceptors (Lipinski definition) is 4. The first-order chi connectivity index (χ1) is 10.0. The molecule has 0 atom stereocenters. The highest BCUT2D eigenvalue weighted by Crippen LogP contribution is 2.29. The maximum Gasteiger partial charge on any atom is 0.168 e. The minimum absolute atomic E-state index is 0.141. The molecule has 0 amide bonds. The standard InChI is InChI=1S/C15H17BrFN3O/c1-9(2)15-19-8-14(12(20-15)7-18-3)21-13-6-10(16)4-5-11(13)17/h4-6,8-9,18H,7H2,1-3H3. The average Bonchev–Trinajstić information content (AvgIpc) is 2.44. The maximum atomic E-state index is 13.8. The Morgan fingerprint density at radius 1 is 1.33 bits per heavy atom. The van der Waals surface area contributed by atoms with Crippen LogP contribution < -0.4 is 10.1 Å². The number of halogens is 2. The predicted octanol–water partition coefficient (Wildman–Crippen LogP) is 4.01. The molecule has 1 aromatic carbocycles. The van der Waals surface area contributed by atoms with E-state index in [1.807, 2.05) is 20.9 Å². The molecule has 0 saturated heterocycles. The van der Waals surface area contributed by atoms with Crippen LogP contribution in [0, 0.1) is 5.82 Å². The highest BCUT2D eigenvalue weighted by atomic mass is 79.9. The zero-order valence-corrected chi connectivity index (χ0v) is 13.7. The second-order valence-electron chi connectivity index (χ2n) is 4.90. The summed E-state index contributed by atoms with van der Waals surface area (Å²) in [5.74, 6) is 1.12. The Morgan fingerprint density at radius 3 is 2.76 bits per heavy atom. The van der Waals surface area contributed by atoms with Gasteiger partial charge in [-0.3, -0.25) is 0 Å². The van der Waals surface area contributed by atoms with Crippen molar-refractivity contribution in [2.45, 2.75) is 26.3 Å². The highest BCUT2D eigenvalue weighted by molar-refractivity contribution is 9.10. The van der Waals surface area contributed by atoms with Crippen LogP contribution in [0.25, 0.3) is 0 Å². The topological polar surface area (TPSA) is 47.0 Å². The Bertz CT molecular complexity index is 634. The van der Waals surface area contributed by atoms with Crippen molar-refractivity contribution in [2.75, 3.05) is 7.05 Å². The molecule has 0 saturated carbocycles. The summed E-state index contributed by atoms with van der Waals surface area (Å²) in [7, 11) is 1.82. The number of nitrogens with one attached hydrogen (secondary N) is 1. The van der Waals surface area contributed by atoms with Gasteiger partial charge < -0.3 is 10.1 Å². The van der Waals surface area contributed by atoms with Crippen LogP contribution in [0.15, 0.2) is 28.9 Å². The van der Waals surface area contributed by atoms with Gasteiger partial charge in [-0.05, 0) is 25.2 Å². The molecule has 0 fully saturated rings. The van der Waals surface area contributed by atoms with E-state index in [2.05, 4.69) is 31.2 Å². The fourth-order valence-corrected chi connectivity index (χ4v) is 2.09. The molecule has 2 rings (SSSR count). The normalized spacial score (nSPS) is 11.0. The van der Waals surface area contributed by atoms with Gasteiger partial charge in [-0.15, -0.1) is 0 Å². The molecule has 6 heteroatoms. The molecule has 2 aromatic rings. The molecule has 1 heterocycles. The Balaban J connectivity index is 2.36. The van der Waals surface area contributed by atoms with Crippen molar-refractivity contribution in [2.24, 2.45) is 0 Å². The monoisotopic (exact) mass is 353 g/mol. The van der Waals surface area contributed by atoms with Gasteiger partial charge in [0.15, 0.2) is 17.3 Å². The van der Waals surface area contributed by atoms with E-state index < -0.39 is 5.82 Å². The van der Waals surface area contributed by atoms with Gasteiger partial charge in [-0.1, -0.05) is 29.8 Å². The van der Waals surface area contributed by atoms with Crippen LogP contribution >= 0.6 is 15.9 Å². The Morgan fingerprint density at radius 2 is 2.10 bits per heavy atom. The zero-order chi connectivity index (χ0) is 15.4. The molecule has 1 aromatic heterocycles. The second-order valence-corrected chi connectivity index (χ2v) is 5.82. The average molecular weight is 354 g/mol. The maximum absolute atomic E-state index is 13.8. The summed E-state index contributed by atoms with van der Waals surface area (Å²) in [5.41, 5.74) is 0.704. The Hall–Kier alpha value is -1.53. The first-order valence-corrected chi connectivity index (χ1v) is 7.44. The number of ether oxygens (including phenoxy) is 1. The molecular formula is C15H17BrFN3O. The molecule has 0 aliphatic heterocycles. The lowest BCUT2D eigenvalue weighted by Crippen LogP contribution is -2.11. The molecule has 0 aliphatic carbocycles. The number of hydrogen-bond donors (Lipinski definition) is 1. The molecule has 1 N–H and O–H groups in total. The summed E-state index contributed by atoms with van der Waals surface area (Å²) in [6.07, 6.45) is 1.59. The Labute approximate surface area is 131 Å². The summed E-state index contributed by atoms with van der Waals surface area (Å²) in [6, 6.07) is 4.55. The molecule has 112 valence electrons. The van der Waals surface area contributed by atoms with Gasteiger partial charge in [0.25, 0.3) is 0 Å². The number of rotatable bonds is 5. The smallest absolute Gasteiger partial charge is 0.168 e. The van der Waals surface area contributed by atoms with Gasteiger partial charge in [-0.2, -0.15) is 0 Å². The third kappa shape index (κ3) is 3.98. The summed E-state index contributed by atoms with van der Waals surface area (Å²) < 4.78 is 20.2. The largest absolute Gasteiger partial charge is 0.451 e. The third-order valence-corrected chi connectivity index (χ3v) is 3.32. The van der Waals surface area contributed by atoms with E-state index >= 15 is 0 Å². The summed E-state index contributed by atoms with van der Waals surface area (Å²) in [4.78, 5) is 8.75. The molecular weight excluding hydrogens is 337 g/mol. The van der Waals surface area contributed by atoms with Crippen LogP contribution in [-0.4, -0.2) is 17.0 Å². The van der Waals surface area contributed by atoms with E-state index in [4.69, 9.17) is 4.74 Å². The van der Waals surface area contributed by atoms with Crippen LogP contribution in [0.5, 0.6) is 11.5 Å². The van der Waals surface area contributed by atoms with Crippen molar-refractivity contribution >= 4 is 15.9 Å². The fourth-order valence-electron chi connectivity index (χ4n) is 1.75. The van der Waals surface area contributed by atoms with E-state index in [0.29, 0.717) is 18.0 Å². The van der Waals surface area contributed by atoms with E-state index in [9.17, 15) is 4.39 Å². The van der Waals surface area contributed by atoms with E-state index in [0.717, 1.165) is 10.3 Å². The summed E-state index contributed by atoms with van der Waals surface area (Å²) in [5, 5.41) is 3.03. The minimum Gasteiger partial charge on any atom is -0.451 e. The van der Waals surface area contributed by atoms with Gasteiger partial charge in [0.2, 0.25) is 0 Å². The van der Waals surface area contributed by atoms with Crippen LogP contribution in [0.3, 0.4) is 0 Å². The van der Waals surface area contributed by atoms with Crippen LogP contribution in [0.1, 0.15) is 31.3 Å². The van der Waals surface area contributed by atoms with Crippen LogP contribution in [0.4, 0.5) is 4.39 Å². The van der Waals surface area contributed by atoms with Crippen molar-refractivity contribution < 1.29 is 9.13 Å². The quantitative estimate of drug-likeness (QED) is 0.881. The second kappa shape index (κ2) is 6.95. The molecule has 0 aliphatic rings. The molecule has 0 bridgehead atoms. The molecule has 0 radical (unpaired) electrons. The lowest BCUT2D eigenvalue weighted by atomic mass is 10.2. The van der Waals surface area contributed by atoms with Crippen molar-refractivity contribution in [3.63, 3.8) is 0 Å². The molecule has 0 unspecified atom stereocenters. The zero-order valence-electron chi connectivity index (χ0n) is 12.2. The first-order valence-electron chi connectivity index (χ1n) is 6.64. The summed E-state index contributed by atoms with van der Waals surface area (Å²) >= 11 is 3.30. The van der Waals surface area contributed by atoms with Crippen molar-refractivity contribution in [1.82, 2.24) is 15.3 Å². The third-order valence-electron chi connectivity index (χ3n) is 2.82. The van der Waals surface area contributed by atoms with Gasteiger partial charge >= 0.3 is 0 Å². The molecule has 21 heavy (non-hydrogen) atoms. The SMILES string of the molecule is CNCc1nc(C(C)C)ncc1Oc1cc(Br)ccc1F. The van der Waals surface area contributed by atoms with Crippen molar-refractivity contribution in [1.29, 1.82) is 0 Å². The number of nitrogens with zero attached hydrogens (tertiary/aromatic N) is 2. The van der Waals surface area contributed by atoms with Crippen molar-refractivity contribution in [3.8, 4) is 11.5 Å². The van der Waals surface area contributed by atoms with Gasteiger partial charge in [0, 0.05) is 16.9 Å². The Kier molecular flexibility index (Phi) is 5.25. The van der Waals surface area contributed by atoms with E-state index in [1.54, 1.807) is 18.3 Å². The fraction of sp³-hybridized carbons (Fsp3) is 0.333. The first kappa shape index (κ1) is 15.9. The van der Waals surface area contributed by atoms with Crippen LogP contribution in [-0.2, 0) is 6.54 Å². The molecule has 0 spiro atoms. The highest BCUT2D eigenvalue weighted by Gasteiger charge is 2.13. The number of benzene rings is 1. The van der Waals surface area contributed by atoms with Gasteiger partial charge in [-0.25, -0.2) is 14.4 Å². The lowest BCUT2D eigenvalue weighted by molar-refractivity contribution is 0.429. The number of aromatic nitrogens is 2. The lowest BCUT2D eigenvalue weighted by Gasteiger charge is -2.13. The van der Waals surface area contributed by atoms with Gasteiger partial charge in [0.05, 0.1) is 6.20 Å². The predicted molar refractivity (Wildman–Crippen MR) is 83.1 cm³/mol. The van der Waals surface area contributed by atoms with Crippen LogP contribution in [0.2, 0.25) is 0 Å². The van der Waals surface area contributed by atoms with E-state index in [1.165, 1.54) is 6.07 Å². The molecule has 4 nitrogen and oxygen atoms in total. The van der Waals surface area contributed by atoms with Gasteiger partial charge in [0.1, 0.15) is 11.5 Å². The van der Waals surface area contributed by atoms with Crippen molar-refractivity contribution in [3.05, 3.63) is 46.2 Å². The van der Waals surface area contributed by atoms with E-state index in [-0.39, 0.29) is 11.7 Å².